The highest BCUT2D eigenvalue weighted by atomic mass is 16.5. The molecule has 3 rings (SSSR count). The summed E-state index contributed by atoms with van der Waals surface area (Å²) < 4.78 is 5.38. The molecule has 2 unspecified atom stereocenters. The van der Waals surface area contributed by atoms with Gasteiger partial charge < -0.3 is 20.1 Å². The number of benzene rings is 1. The number of carbonyl (C=O) groups is 1. The molecular weight excluding hydrogens is 316 g/mol. The monoisotopic (exact) mass is 346 g/mol. The van der Waals surface area contributed by atoms with Gasteiger partial charge in [-0.3, -0.25) is 0 Å². The van der Waals surface area contributed by atoms with Crippen molar-refractivity contribution in [1.82, 2.24) is 10.2 Å². The van der Waals surface area contributed by atoms with Gasteiger partial charge in [-0.2, -0.15) is 0 Å². The first-order valence-corrected chi connectivity index (χ1v) is 9.49. The van der Waals surface area contributed by atoms with E-state index in [1.54, 1.807) is 12.0 Å². The van der Waals surface area contributed by atoms with Crippen molar-refractivity contribution >= 4 is 6.03 Å². The number of ether oxygens (including phenoxy) is 1. The molecule has 2 N–H and O–H groups in total. The van der Waals surface area contributed by atoms with Crippen molar-refractivity contribution in [2.24, 2.45) is 11.8 Å². The lowest BCUT2D eigenvalue weighted by Crippen LogP contribution is -2.47. The second kappa shape index (κ2) is 8.56. The van der Waals surface area contributed by atoms with Crippen LogP contribution in [0.15, 0.2) is 24.3 Å². The van der Waals surface area contributed by atoms with Crippen LogP contribution >= 0.6 is 0 Å². The first-order valence-electron chi connectivity index (χ1n) is 9.49. The largest absolute Gasteiger partial charge is 0.496 e. The van der Waals surface area contributed by atoms with E-state index in [-0.39, 0.29) is 18.7 Å². The van der Waals surface area contributed by atoms with Gasteiger partial charge in [0.2, 0.25) is 0 Å². The van der Waals surface area contributed by atoms with Gasteiger partial charge in [0.25, 0.3) is 0 Å². The van der Waals surface area contributed by atoms with Gasteiger partial charge in [0, 0.05) is 18.2 Å². The fraction of sp³-hybridized carbons (Fsp3) is 0.650. The van der Waals surface area contributed by atoms with E-state index in [1.165, 1.54) is 25.7 Å². The van der Waals surface area contributed by atoms with Crippen molar-refractivity contribution in [2.75, 3.05) is 20.3 Å². The predicted molar refractivity (Wildman–Crippen MR) is 97.5 cm³/mol. The lowest BCUT2D eigenvalue weighted by atomic mass is 9.83. The van der Waals surface area contributed by atoms with Crippen LogP contribution < -0.4 is 10.1 Å². The van der Waals surface area contributed by atoms with Gasteiger partial charge in [0.1, 0.15) is 5.75 Å². The van der Waals surface area contributed by atoms with Crippen LogP contribution in [0.4, 0.5) is 4.79 Å². The number of nitrogens with zero attached hydrogens (tertiary/aromatic N) is 1. The highest BCUT2D eigenvalue weighted by Gasteiger charge is 2.35. The molecule has 2 saturated carbocycles. The van der Waals surface area contributed by atoms with Gasteiger partial charge in [0.15, 0.2) is 0 Å². The van der Waals surface area contributed by atoms with E-state index < -0.39 is 0 Å². The zero-order valence-electron chi connectivity index (χ0n) is 15.1. The molecule has 0 radical (unpaired) electrons. The van der Waals surface area contributed by atoms with Crippen molar-refractivity contribution in [1.29, 1.82) is 0 Å². The van der Waals surface area contributed by atoms with E-state index in [0.717, 1.165) is 36.0 Å². The molecule has 1 aromatic rings. The topological polar surface area (TPSA) is 61.8 Å². The maximum absolute atomic E-state index is 12.8. The molecule has 2 fully saturated rings. The Morgan fingerprint density at radius 2 is 2.04 bits per heavy atom. The first kappa shape index (κ1) is 18.1. The standard InChI is InChI=1S/C20H30N2O3/c1-25-19-8-3-2-5-17(19)14-22(11-12-23)20(24)21-18-7-4-6-16(13-18)15-9-10-15/h2-3,5,8,15-16,18,23H,4,6-7,9-14H2,1H3,(H,21,24). The molecule has 0 heterocycles. The summed E-state index contributed by atoms with van der Waals surface area (Å²) in [6.45, 7) is 0.718. The van der Waals surface area contributed by atoms with Crippen LogP contribution in [-0.2, 0) is 6.54 Å². The Morgan fingerprint density at radius 3 is 2.76 bits per heavy atom. The minimum absolute atomic E-state index is 0.0437. The molecule has 25 heavy (non-hydrogen) atoms. The second-order valence-corrected chi connectivity index (χ2v) is 7.37. The molecule has 138 valence electrons. The van der Waals surface area contributed by atoms with E-state index in [4.69, 9.17) is 4.74 Å². The molecule has 2 aliphatic carbocycles. The number of carbonyl (C=O) groups excluding carboxylic acids is 1. The van der Waals surface area contributed by atoms with E-state index in [2.05, 4.69) is 5.32 Å². The number of nitrogens with one attached hydrogen (secondary N) is 1. The maximum atomic E-state index is 12.8. The predicted octanol–water partition coefficient (Wildman–Crippen LogP) is 3.17. The average molecular weight is 346 g/mol. The molecule has 0 aliphatic heterocycles. The van der Waals surface area contributed by atoms with Gasteiger partial charge in [-0.25, -0.2) is 4.79 Å². The molecule has 5 heteroatoms. The molecule has 0 saturated heterocycles. The van der Waals surface area contributed by atoms with Crippen LogP contribution in [0, 0.1) is 11.8 Å². The van der Waals surface area contributed by atoms with E-state index >= 15 is 0 Å². The molecule has 0 bridgehead atoms. The summed E-state index contributed by atoms with van der Waals surface area (Å²) in [5, 5.41) is 12.6. The van der Waals surface area contributed by atoms with Gasteiger partial charge in [-0.15, -0.1) is 0 Å². The van der Waals surface area contributed by atoms with Gasteiger partial charge in [0.05, 0.1) is 20.3 Å². The van der Waals surface area contributed by atoms with E-state index in [9.17, 15) is 9.90 Å². The highest BCUT2D eigenvalue weighted by molar-refractivity contribution is 5.74. The third-order valence-corrected chi connectivity index (χ3v) is 5.54. The summed E-state index contributed by atoms with van der Waals surface area (Å²) in [6, 6.07) is 7.89. The molecule has 2 aliphatic rings. The summed E-state index contributed by atoms with van der Waals surface area (Å²) in [4.78, 5) is 14.4. The molecule has 1 aromatic carbocycles. The summed E-state index contributed by atoms with van der Waals surface area (Å²) in [5.41, 5.74) is 0.952. The number of urea groups is 1. The zero-order valence-corrected chi connectivity index (χ0v) is 15.1. The zero-order chi connectivity index (χ0) is 17.6. The Kier molecular flexibility index (Phi) is 6.19. The first-order chi connectivity index (χ1) is 12.2. The van der Waals surface area contributed by atoms with Crippen molar-refractivity contribution in [3.8, 4) is 5.75 Å². The SMILES string of the molecule is COc1ccccc1CN(CCO)C(=O)NC1CCCC(C2CC2)C1. The quantitative estimate of drug-likeness (QED) is 0.797. The molecule has 2 amide bonds. The van der Waals surface area contributed by atoms with Crippen molar-refractivity contribution in [2.45, 2.75) is 51.1 Å². The maximum Gasteiger partial charge on any atom is 0.317 e. The Morgan fingerprint density at radius 1 is 1.24 bits per heavy atom. The Bertz CT molecular complexity index is 574. The van der Waals surface area contributed by atoms with Crippen LogP contribution in [0.5, 0.6) is 5.75 Å². The number of para-hydroxylation sites is 1. The minimum atomic E-state index is -0.0820. The summed E-state index contributed by atoms with van der Waals surface area (Å²) in [5.74, 6) is 2.46. The smallest absolute Gasteiger partial charge is 0.317 e. The lowest BCUT2D eigenvalue weighted by molar-refractivity contribution is 0.163. The fourth-order valence-electron chi connectivity index (χ4n) is 4.03. The van der Waals surface area contributed by atoms with Crippen molar-refractivity contribution in [3.05, 3.63) is 29.8 Å². The van der Waals surface area contributed by atoms with Crippen LogP contribution in [-0.4, -0.2) is 42.3 Å². The lowest BCUT2D eigenvalue weighted by Gasteiger charge is -2.32. The summed E-state index contributed by atoms with van der Waals surface area (Å²) >= 11 is 0. The van der Waals surface area contributed by atoms with Crippen LogP contribution in [0.2, 0.25) is 0 Å². The number of methoxy groups -OCH3 is 1. The van der Waals surface area contributed by atoms with Gasteiger partial charge in [-0.05, 0) is 43.6 Å². The minimum Gasteiger partial charge on any atom is -0.496 e. The average Bonchev–Trinajstić information content (AvgIpc) is 3.47. The number of hydrogen-bond acceptors (Lipinski definition) is 3. The Hall–Kier alpha value is -1.75. The number of aliphatic hydroxyl groups is 1. The molecular formula is C20H30N2O3. The second-order valence-electron chi connectivity index (χ2n) is 7.37. The molecule has 0 spiro atoms. The van der Waals surface area contributed by atoms with Crippen LogP contribution in [0.1, 0.15) is 44.1 Å². The fourth-order valence-corrected chi connectivity index (χ4v) is 4.03. The number of amides is 2. The van der Waals surface area contributed by atoms with E-state index in [1.807, 2.05) is 24.3 Å². The van der Waals surface area contributed by atoms with Gasteiger partial charge in [-0.1, -0.05) is 31.0 Å². The highest BCUT2D eigenvalue weighted by Crippen LogP contribution is 2.43. The van der Waals surface area contributed by atoms with Crippen LogP contribution in [0.25, 0.3) is 0 Å². The molecule has 0 aromatic heterocycles. The normalized spacial score (nSPS) is 23.1. The molecule has 5 nitrogen and oxygen atoms in total. The van der Waals surface area contributed by atoms with E-state index in [0.29, 0.717) is 13.1 Å². The molecule has 2 atom stereocenters. The van der Waals surface area contributed by atoms with Crippen molar-refractivity contribution in [3.63, 3.8) is 0 Å². The summed E-state index contributed by atoms with van der Waals surface area (Å²) in [6.07, 6.45) is 7.44. The van der Waals surface area contributed by atoms with Crippen molar-refractivity contribution < 1.29 is 14.6 Å². The van der Waals surface area contributed by atoms with Gasteiger partial charge >= 0.3 is 6.03 Å². The third-order valence-electron chi connectivity index (χ3n) is 5.54. The van der Waals surface area contributed by atoms with Crippen LogP contribution in [0.3, 0.4) is 0 Å². The summed E-state index contributed by atoms with van der Waals surface area (Å²) in [7, 11) is 1.63. The Labute approximate surface area is 150 Å². The Balaban J connectivity index is 1.60. The third kappa shape index (κ3) is 4.88. The number of aliphatic hydroxyl groups excluding tert-OH is 1. The number of rotatable bonds is 7. The number of hydrogen-bond donors (Lipinski definition) is 2.